The second-order valence-electron chi connectivity index (χ2n) is 4.25. The van der Waals surface area contributed by atoms with Crippen molar-refractivity contribution in [2.24, 2.45) is 0 Å². The average Bonchev–Trinajstić information content (AvgIpc) is 2.40. The van der Waals surface area contributed by atoms with Crippen molar-refractivity contribution in [3.05, 3.63) is 65.0 Å². The van der Waals surface area contributed by atoms with Gasteiger partial charge < -0.3 is 5.32 Å². The molecule has 0 unspecified atom stereocenters. The van der Waals surface area contributed by atoms with Crippen LogP contribution in [0, 0.1) is 23.4 Å². The largest absolute Gasteiger partial charge is 0.352 e. The number of carbonyl (C=O) groups excluding carboxylic acids is 1. The van der Waals surface area contributed by atoms with E-state index in [0.29, 0.717) is 5.56 Å². The third kappa shape index (κ3) is 3.77. The highest BCUT2D eigenvalue weighted by molar-refractivity contribution is 5.94. The molecule has 0 saturated carbocycles. The van der Waals surface area contributed by atoms with Crippen molar-refractivity contribution in [1.82, 2.24) is 10.3 Å². The van der Waals surface area contributed by atoms with Crippen molar-refractivity contribution >= 4 is 5.91 Å². The number of pyridine rings is 1. The second kappa shape index (κ2) is 6.34. The van der Waals surface area contributed by atoms with Gasteiger partial charge in [-0.2, -0.15) is 4.39 Å². The van der Waals surface area contributed by atoms with E-state index in [2.05, 4.69) is 10.3 Å². The molecule has 0 radical (unpaired) electrons. The average molecular weight is 298 g/mol. The maximum absolute atomic E-state index is 13.3. The molecular weight excluding hydrogens is 288 g/mol. The summed E-state index contributed by atoms with van der Waals surface area (Å²) in [6.45, 7) is 0.0190. The van der Waals surface area contributed by atoms with Crippen molar-refractivity contribution in [1.29, 1.82) is 0 Å². The third-order valence-corrected chi connectivity index (χ3v) is 2.71. The van der Waals surface area contributed by atoms with Crippen molar-refractivity contribution in [2.45, 2.75) is 6.42 Å². The van der Waals surface area contributed by atoms with E-state index in [-0.39, 0.29) is 13.0 Å². The van der Waals surface area contributed by atoms with E-state index in [1.54, 1.807) is 0 Å². The minimum atomic E-state index is -1.37. The van der Waals surface area contributed by atoms with E-state index >= 15 is 0 Å². The predicted molar refractivity (Wildman–Crippen MR) is 66.5 cm³/mol. The standard InChI is InChI=1S/C14H10F4N2O/c15-9-5-8(6-10(16)7-9)1-3-20-14(21)11-2-4-19-13(18)12(11)17/h2,4-7H,1,3H2,(H,20,21). The Labute approximate surface area is 117 Å². The maximum Gasteiger partial charge on any atom is 0.254 e. The third-order valence-electron chi connectivity index (χ3n) is 2.71. The molecule has 110 valence electrons. The van der Waals surface area contributed by atoms with Crippen LogP contribution >= 0.6 is 0 Å². The summed E-state index contributed by atoms with van der Waals surface area (Å²) in [6.07, 6.45) is 1.12. The molecule has 0 atom stereocenters. The first-order valence-electron chi connectivity index (χ1n) is 6.00. The lowest BCUT2D eigenvalue weighted by atomic mass is 10.1. The molecule has 1 aromatic carbocycles. The summed E-state index contributed by atoms with van der Waals surface area (Å²) >= 11 is 0. The molecular formula is C14H10F4N2O. The van der Waals surface area contributed by atoms with Gasteiger partial charge in [-0.05, 0) is 30.2 Å². The summed E-state index contributed by atoms with van der Waals surface area (Å²) in [7, 11) is 0. The zero-order chi connectivity index (χ0) is 15.4. The van der Waals surface area contributed by atoms with Gasteiger partial charge in [-0.3, -0.25) is 4.79 Å². The van der Waals surface area contributed by atoms with Gasteiger partial charge in [0, 0.05) is 18.8 Å². The van der Waals surface area contributed by atoms with Crippen LogP contribution in [-0.4, -0.2) is 17.4 Å². The molecule has 21 heavy (non-hydrogen) atoms. The lowest BCUT2D eigenvalue weighted by Gasteiger charge is -2.06. The number of amides is 1. The zero-order valence-electron chi connectivity index (χ0n) is 10.7. The Bertz CT molecular complexity index is 656. The molecule has 0 bridgehead atoms. The van der Waals surface area contributed by atoms with Gasteiger partial charge in [0.1, 0.15) is 11.6 Å². The fourth-order valence-electron chi connectivity index (χ4n) is 1.76. The summed E-state index contributed by atoms with van der Waals surface area (Å²) in [5.41, 5.74) is -0.137. The molecule has 0 spiro atoms. The van der Waals surface area contributed by atoms with Crippen LogP contribution < -0.4 is 5.32 Å². The van der Waals surface area contributed by atoms with E-state index in [9.17, 15) is 22.4 Å². The summed E-state index contributed by atoms with van der Waals surface area (Å²) in [5, 5.41) is 2.34. The Hall–Kier alpha value is -2.44. The summed E-state index contributed by atoms with van der Waals surface area (Å²) in [4.78, 5) is 14.7. The van der Waals surface area contributed by atoms with Crippen LogP contribution in [0.5, 0.6) is 0 Å². The lowest BCUT2D eigenvalue weighted by Crippen LogP contribution is -2.27. The number of nitrogens with zero attached hydrogens (tertiary/aromatic N) is 1. The predicted octanol–water partition coefficient (Wildman–Crippen LogP) is 2.61. The highest BCUT2D eigenvalue weighted by Crippen LogP contribution is 2.10. The Morgan fingerprint density at radius 3 is 2.43 bits per heavy atom. The number of rotatable bonds is 4. The first-order valence-corrected chi connectivity index (χ1v) is 6.00. The minimum absolute atomic E-state index is 0.0190. The van der Waals surface area contributed by atoms with Gasteiger partial charge >= 0.3 is 0 Å². The summed E-state index contributed by atoms with van der Waals surface area (Å²) in [5.74, 6) is -4.98. The number of carbonyl (C=O) groups is 1. The van der Waals surface area contributed by atoms with Gasteiger partial charge in [0.05, 0.1) is 5.56 Å². The minimum Gasteiger partial charge on any atom is -0.352 e. The van der Waals surface area contributed by atoms with Gasteiger partial charge in [-0.25, -0.2) is 18.2 Å². The Balaban J connectivity index is 1.97. The molecule has 7 heteroatoms. The van der Waals surface area contributed by atoms with Crippen LogP contribution in [-0.2, 0) is 6.42 Å². The number of hydrogen-bond donors (Lipinski definition) is 1. The van der Waals surface area contributed by atoms with Crippen LogP contribution in [0.2, 0.25) is 0 Å². The van der Waals surface area contributed by atoms with E-state index in [1.807, 2.05) is 0 Å². The number of nitrogens with one attached hydrogen (secondary N) is 1. The zero-order valence-corrected chi connectivity index (χ0v) is 10.7. The molecule has 3 nitrogen and oxygen atoms in total. The molecule has 2 rings (SSSR count). The molecule has 0 aliphatic rings. The van der Waals surface area contributed by atoms with Crippen LogP contribution in [0.3, 0.4) is 0 Å². The van der Waals surface area contributed by atoms with Crippen molar-refractivity contribution in [3.63, 3.8) is 0 Å². The molecule has 1 heterocycles. The van der Waals surface area contributed by atoms with Gasteiger partial charge in [-0.1, -0.05) is 0 Å². The second-order valence-corrected chi connectivity index (χ2v) is 4.25. The van der Waals surface area contributed by atoms with Crippen LogP contribution in [0.25, 0.3) is 0 Å². The first kappa shape index (κ1) is 15.0. The molecule has 0 fully saturated rings. The Kier molecular flexibility index (Phi) is 4.52. The van der Waals surface area contributed by atoms with Gasteiger partial charge in [0.25, 0.3) is 5.91 Å². The normalized spacial score (nSPS) is 10.5. The monoisotopic (exact) mass is 298 g/mol. The molecule has 0 saturated heterocycles. The molecule has 1 N–H and O–H groups in total. The van der Waals surface area contributed by atoms with Gasteiger partial charge in [0.2, 0.25) is 5.95 Å². The van der Waals surface area contributed by atoms with E-state index in [4.69, 9.17) is 0 Å². The van der Waals surface area contributed by atoms with Gasteiger partial charge in [0.15, 0.2) is 5.82 Å². The maximum atomic E-state index is 13.3. The molecule has 1 aromatic heterocycles. The topological polar surface area (TPSA) is 42.0 Å². The van der Waals surface area contributed by atoms with E-state index in [1.165, 1.54) is 0 Å². The fourth-order valence-corrected chi connectivity index (χ4v) is 1.76. The molecule has 2 aromatic rings. The molecule has 0 aliphatic heterocycles. The van der Waals surface area contributed by atoms with Crippen LogP contribution in [0.1, 0.15) is 15.9 Å². The number of benzene rings is 1. The number of hydrogen-bond acceptors (Lipinski definition) is 2. The highest BCUT2D eigenvalue weighted by Gasteiger charge is 2.15. The Morgan fingerprint density at radius 1 is 1.10 bits per heavy atom. The van der Waals surface area contributed by atoms with E-state index < -0.39 is 34.9 Å². The van der Waals surface area contributed by atoms with Crippen molar-refractivity contribution in [3.8, 4) is 0 Å². The van der Waals surface area contributed by atoms with Crippen molar-refractivity contribution < 1.29 is 22.4 Å². The molecule has 1 amide bonds. The fraction of sp³-hybridized carbons (Fsp3) is 0.143. The number of halogens is 4. The first-order chi connectivity index (χ1) is 9.97. The Morgan fingerprint density at radius 2 is 1.76 bits per heavy atom. The molecule has 0 aliphatic carbocycles. The van der Waals surface area contributed by atoms with Crippen LogP contribution in [0.4, 0.5) is 17.6 Å². The quantitative estimate of drug-likeness (QED) is 0.696. The van der Waals surface area contributed by atoms with Crippen LogP contribution in [0.15, 0.2) is 30.5 Å². The SMILES string of the molecule is O=C(NCCc1cc(F)cc(F)c1)c1ccnc(F)c1F. The van der Waals surface area contributed by atoms with Crippen molar-refractivity contribution in [2.75, 3.05) is 6.54 Å². The highest BCUT2D eigenvalue weighted by atomic mass is 19.2. The summed E-state index contributed by atoms with van der Waals surface area (Å²) in [6, 6.07) is 4.02. The lowest BCUT2D eigenvalue weighted by molar-refractivity contribution is 0.0948. The smallest absolute Gasteiger partial charge is 0.254 e. The van der Waals surface area contributed by atoms with E-state index in [0.717, 1.165) is 30.5 Å². The van der Waals surface area contributed by atoms with Gasteiger partial charge in [-0.15, -0.1) is 0 Å². The number of aromatic nitrogens is 1. The summed E-state index contributed by atoms with van der Waals surface area (Å²) < 4.78 is 52.1.